The first-order valence-corrected chi connectivity index (χ1v) is 12.0. The first-order chi connectivity index (χ1) is 15.2. The summed E-state index contributed by atoms with van der Waals surface area (Å²) < 4.78 is 11.8. The summed E-state index contributed by atoms with van der Waals surface area (Å²) in [5, 5.41) is 6.86. The molecule has 0 saturated carbocycles. The molecule has 8 heteroatoms. The van der Waals surface area contributed by atoms with Crippen LogP contribution in [0.2, 0.25) is 0 Å². The highest BCUT2D eigenvalue weighted by Gasteiger charge is 2.17. The molecule has 3 rings (SSSR count). The lowest BCUT2D eigenvalue weighted by Gasteiger charge is -2.34. The molecular formula is C24H42IN5O2. The molecule has 0 radical (unpaired) electrons. The molecule has 0 bridgehead atoms. The van der Waals surface area contributed by atoms with Crippen LogP contribution in [-0.2, 0) is 11.3 Å². The molecule has 1 aromatic rings. The lowest BCUT2D eigenvalue weighted by atomic mass is 10.1. The number of aryl methyl sites for hydroxylation is 1. The predicted molar refractivity (Wildman–Crippen MR) is 142 cm³/mol. The minimum Gasteiger partial charge on any atom is -0.491 e. The van der Waals surface area contributed by atoms with Crippen molar-refractivity contribution in [1.82, 2.24) is 20.4 Å². The van der Waals surface area contributed by atoms with E-state index in [-0.39, 0.29) is 30.1 Å². The molecule has 1 unspecified atom stereocenters. The molecule has 0 spiro atoms. The number of benzene rings is 1. The Bertz CT molecular complexity index is 689. The number of ether oxygens (including phenoxy) is 2. The van der Waals surface area contributed by atoms with Gasteiger partial charge in [-0.3, -0.25) is 4.90 Å². The third-order valence-electron chi connectivity index (χ3n) is 6.06. The number of aliphatic imine (C=N–C) groups is 1. The van der Waals surface area contributed by atoms with Crippen LogP contribution in [0.3, 0.4) is 0 Å². The average molecular weight is 560 g/mol. The molecule has 2 aliphatic heterocycles. The Kier molecular flexibility index (Phi) is 12.7. The lowest BCUT2D eigenvalue weighted by molar-refractivity contribution is 0.0676. The van der Waals surface area contributed by atoms with Gasteiger partial charge in [-0.25, -0.2) is 4.99 Å². The van der Waals surface area contributed by atoms with Crippen LogP contribution in [0, 0.1) is 6.92 Å². The molecule has 1 atom stereocenters. The van der Waals surface area contributed by atoms with Crippen LogP contribution < -0.4 is 15.4 Å². The molecule has 0 amide bonds. The van der Waals surface area contributed by atoms with Gasteiger partial charge in [-0.1, -0.05) is 19.1 Å². The maximum atomic E-state index is 6.13. The first kappa shape index (κ1) is 27.1. The van der Waals surface area contributed by atoms with E-state index in [1.54, 1.807) is 0 Å². The van der Waals surface area contributed by atoms with Crippen molar-refractivity contribution in [3.05, 3.63) is 29.3 Å². The zero-order valence-corrected chi connectivity index (χ0v) is 22.4. The summed E-state index contributed by atoms with van der Waals surface area (Å²) in [4.78, 5) is 9.86. The Morgan fingerprint density at radius 1 is 1.16 bits per heavy atom. The molecular weight excluding hydrogens is 517 g/mol. The Labute approximate surface area is 211 Å². The number of nitrogens with one attached hydrogen (secondary N) is 2. The van der Waals surface area contributed by atoms with Crippen molar-refractivity contribution in [2.45, 2.75) is 46.3 Å². The normalized spacial score (nSPS) is 20.1. The van der Waals surface area contributed by atoms with E-state index in [2.05, 4.69) is 59.4 Å². The van der Waals surface area contributed by atoms with E-state index in [1.807, 2.05) is 0 Å². The highest BCUT2D eigenvalue weighted by atomic mass is 127. The minimum atomic E-state index is 0. The van der Waals surface area contributed by atoms with Gasteiger partial charge in [0.1, 0.15) is 12.4 Å². The molecule has 2 fully saturated rings. The second-order valence-corrected chi connectivity index (χ2v) is 8.46. The number of guanidine groups is 1. The molecule has 2 saturated heterocycles. The van der Waals surface area contributed by atoms with Gasteiger partial charge in [0.05, 0.1) is 12.6 Å². The third-order valence-corrected chi connectivity index (χ3v) is 6.06. The fourth-order valence-electron chi connectivity index (χ4n) is 4.05. The van der Waals surface area contributed by atoms with Crippen LogP contribution in [0.1, 0.15) is 37.8 Å². The van der Waals surface area contributed by atoms with Gasteiger partial charge >= 0.3 is 0 Å². The van der Waals surface area contributed by atoms with Gasteiger partial charge < -0.3 is 25.0 Å². The second-order valence-electron chi connectivity index (χ2n) is 8.46. The molecule has 7 nitrogen and oxygen atoms in total. The molecule has 2 aliphatic rings. The number of likely N-dealkylation sites (N-methyl/N-ethyl adjacent to an activating group) is 1. The molecule has 0 aliphatic carbocycles. The van der Waals surface area contributed by atoms with Gasteiger partial charge in [0.15, 0.2) is 5.96 Å². The second kappa shape index (κ2) is 14.9. The largest absolute Gasteiger partial charge is 0.491 e. The predicted octanol–water partition coefficient (Wildman–Crippen LogP) is 2.86. The van der Waals surface area contributed by atoms with E-state index in [0.717, 1.165) is 76.0 Å². The topological polar surface area (TPSA) is 61.4 Å². The fraction of sp³-hybridized carbons (Fsp3) is 0.708. The fourth-order valence-corrected chi connectivity index (χ4v) is 4.05. The van der Waals surface area contributed by atoms with Crippen molar-refractivity contribution in [3.8, 4) is 5.75 Å². The van der Waals surface area contributed by atoms with Crippen LogP contribution in [0.25, 0.3) is 0 Å². The number of piperazine rings is 1. The SMILES string of the molecule is CCNC(=NCc1ccc(C)cc1OCC1CCCO1)NCCN1CCN(CC)CC1.I. The van der Waals surface area contributed by atoms with E-state index in [9.17, 15) is 0 Å². The summed E-state index contributed by atoms with van der Waals surface area (Å²) in [6.07, 6.45) is 2.43. The van der Waals surface area contributed by atoms with Gasteiger partial charge in [0.2, 0.25) is 0 Å². The van der Waals surface area contributed by atoms with E-state index >= 15 is 0 Å². The van der Waals surface area contributed by atoms with Gasteiger partial charge in [-0.15, -0.1) is 24.0 Å². The summed E-state index contributed by atoms with van der Waals surface area (Å²) in [6.45, 7) is 17.1. The Hall–Kier alpha value is -1.10. The van der Waals surface area contributed by atoms with Crippen molar-refractivity contribution >= 4 is 29.9 Å². The minimum absolute atomic E-state index is 0. The highest BCUT2D eigenvalue weighted by molar-refractivity contribution is 14.0. The van der Waals surface area contributed by atoms with E-state index in [1.165, 1.54) is 18.7 Å². The standard InChI is InChI=1S/C24H41N5O2.HI/c1-4-25-24(26-10-11-29-14-12-28(5-2)13-15-29)27-18-21-9-8-20(3)17-23(21)31-19-22-7-6-16-30-22;/h8-9,17,22H,4-7,10-16,18-19H2,1-3H3,(H2,25,26,27);1H. The summed E-state index contributed by atoms with van der Waals surface area (Å²) in [6, 6.07) is 6.36. The molecule has 1 aromatic carbocycles. The van der Waals surface area contributed by atoms with Crippen molar-refractivity contribution in [2.75, 3.05) is 65.6 Å². The van der Waals surface area contributed by atoms with Crippen LogP contribution >= 0.6 is 24.0 Å². The number of hydrogen-bond acceptors (Lipinski definition) is 5. The molecule has 2 N–H and O–H groups in total. The first-order valence-electron chi connectivity index (χ1n) is 12.0. The van der Waals surface area contributed by atoms with Gasteiger partial charge in [-0.2, -0.15) is 0 Å². The monoisotopic (exact) mass is 559 g/mol. The van der Waals surface area contributed by atoms with Crippen molar-refractivity contribution in [3.63, 3.8) is 0 Å². The van der Waals surface area contributed by atoms with Crippen molar-refractivity contribution < 1.29 is 9.47 Å². The van der Waals surface area contributed by atoms with Crippen LogP contribution in [0.5, 0.6) is 5.75 Å². The quantitative estimate of drug-likeness (QED) is 0.261. The summed E-state index contributed by atoms with van der Waals surface area (Å²) in [7, 11) is 0. The third kappa shape index (κ3) is 9.03. The van der Waals surface area contributed by atoms with E-state index in [4.69, 9.17) is 14.5 Å². The van der Waals surface area contributed by atoms with Gasteiger partial charge in [0, 0.05) is 58.0 Å². The maximum absolute atomic E-state index is 6.13. The van der Waals surface area contributed by atoms with E-state index < -0.39 is 0 Å². The molecule has 2 heterocycles. The Balaban J connectivity index is 0.00000363. The Morgan fingerprint density at radius 3 is 2.62 bits per heavy atom. The lowest BCUT2D eigenvalue weighted by Crippen LogP contribution is -2.49. The highest BCUT2D eigenvalue weighted by Crippen LogP contribution is 2.23. The number of rotatable bonds is 10. The number of hydrogen-bond donors (Lipinski definition) is 2. The summed E-state index contributed by atoms with van der Waals surface area (Å²) in [5.74, 6) is 1.78. The summed E-state index contributed by atoms with van der Waals surface area (Å²) >= 11 is 0. The molecule has 182 valence electrons. The maximum Gasteiger partial charge on any atom is 0.191 e. The zero-order valence-electron chi connectivity index (χ0n) is 20.1. The van der Waals surface area contributed by atoms with Crippen LogP contribution in [0.15, 0.2) is 23.2 Å². The van der Waals surface area contributed by atoms with Crippen LogP contribution in [-0.4, -0.2) is 87.4 Å². The average Bonchev–Trinajstić information content (AvgIpc) is 3.31. The van der Waals surface area contributed by atoms with Gasteiger partial charge in [0.25, 0.3) is 0 Å². The van der Waals surface area contributed by atoms with Gasteiger partial charge in [-0.05, 0) is 44.9 Å². The smallest absolute Gasteiger partial charge is 0.191 e. The number of halogens is 1. The molecule has 0 aromatic heterocycles. The van der Waals surface area contributed by atoms with E-state index in [0.29, 0.717) is 13.2 Å². The van der Waals surface area contributed by atoms with Crippen LogP contribution in [0.4, 0.5) is 0 Å². The van der Waals surface area contributed by atoms with Crippen molar-refractivity contribution in [2.24, 2.45) is 4.99 Å². The van der Waals surface area contributed by atoms with Crippen molar-refractivity contribution in [1.29, 1.82) is 0 Å². The Morgan fingerprint density at radius 2 is 1.94 bits per heavy atom. The number of nitrogens with zero attached hydrogens (tertiary/aromatic N) is 3. The molecule has 32 heavy (non-hydrogen) atoms. The summed E-state index contributed by atoms with van der Waals surface area (Å²) in [5.41, 5.74) is 2.31. The zero-order chi connectivity index (χ0) is 21.9.